The normalized spacial score (nSPS) is 15.0. The molecule has 1 aliphatic rings. The molecule has 0 bridgehead atoms. The second-order valence-corrected chi connectivity index (χ2v) is 6.18. The third-order valence-electron chi connectivity index (χ3n) is 3.70. The molecule has 1 fully saturated rings. The summed E-state index contributed by atoms with van der Waals surface area (Å²) in [5.74, 6) is 0.724. The molecule has 0 atom stereocenters. The molecule has 0 aliphatic heterocycles. The van der Waals surface area contributed by atoms with Gasteiger partial charge < -0.3 is 10.2 Å². The molecule has 0 amide bonds. The highest BCUT2D eigenvalue weighted by atomic mass is 15.2. The van der Waals surface area contributed by atoms with Crippen LogP contribution in [0.15, 0.2) is 18.2 Å². The Morgan fingerprint density at radius 1 is 1.32 bits per heavy atom. The van der Waals surface area contributed by atoms with Crippen LogP contribution in [0.25, 0.3) is 0 Å². The Labute approximate surface area is 118 Å². The van der Waals surface area contributed by atoms with E-state index in [-0.39, 0.29) is 0 Å². The molecule has 19 heavy (non-hydrogen) atoms. The number of anilines is 1. The van der Waals surface area contributed by atoms with Crippen LogP contribution in [0.2, 0.25) is 0 Å². The Morgan fingerprint density at radius 2 is 2.05 bits per heavy atom. The molecule has 0 spiro atoms. The minimum atomic E-state index is 0.724. The maximum Gasteiger partial charge on any atom is 0.0398 e. The summed E-state index contributed by atoms with van der Waals surface area (Å²) in [7, 11) is 0. The van der Waals surface area contributed by atoms with Crippen LogP contribution in [0.1, 0.15) is 44.7 Å². The molecule has 1 aromatic rings. The molecular formula is C17H28N2. The SMILES string of the molecule is CCNCc1ccc(N(CC(C)C)C2CC2)c(C)c1. The number of rotatable bonds is 7. The molecule has 0 unspecified atom stereocenters. The largest absolute Gasteiger partial charge is 0.368 e. The van der Waals surface area contributed by atoms with Gasteiger partial charge in [-0.05, 0) is 49.4 Å². The number of hydrogen-bond donors (Lipinski definition) is 1. The molecule has 1 aromatic carbocycles. The Hall–Kier alpha value is -1.02. The van der Waals surface area contributed by atoms with E-state index in [1.165, 1.54) is 36.2 Å². The predicted octanol–water partition coefficient (Wildman–Crippen LogP) is 3.73. The van der Waals surface area contributed by atoms with Crippen molar-refractivity contribution in [1.29, 1.82) is 0 Å². The fourth-order valence-electron chi connectivity index (χ4n) is 2.64. The lowest BCUT2D eigenvalue weighted by Crippen LogP contribution is -2.30. The third kappa shape index (κ3) is 3.97. The maximum atomic E-state index is 3.39. The fourth-order valence-corrected chi connectivity index (χ4v) is 2.64. The minimum Gasteiger partial charge on any atom is -0.368 e. The van der Waals surface area contributed by atoms with Crippen LogP contribution in [0.3, 0.4) is 0 Å². The number of hydrogen-bond acceptors (Lipinski definition) is 2. The predicted molar refractivity (Wildman–Crippen MR) is 83.8 cm³/mol. The van der Waals surface area contributed by atoms with E-state index in [9.17, 15) is 0 Å². The van der Waals surface area contributed by atoms with E-state index in [0.717, 1.165) is 25.0 Å². The number of benzene rings is 1. The van der Waals surface area contributed by atoms with Gasteiger partial charge in [0, 0.05) is 24.8 Å². The molecule has 0 saturated heterocycles. The van der Waals surface area contributed by atoms with Crippen LogP contribution in [-0.2, 0) is 6.54 Å². The van der Waals surface area contributed by atoms with Gasteiger partial charge in [0.2, 0.25) is 0 Å². The summed E-state index contributed by atoms with van der Waals surface area (Å²) >= 11 is 0. The molecule has 0 aromatic heterocycles. The van der Waals surface area contributed by atoms with Crippen molar-refractivity contribution >= 4 is 5.69 Å². The van der Waals surface area contributed by atoms with Gasteiger partial charge in [-0.2, -0.15) is 0 Å². The molecule has 106 valence electrons. The van der Waals surface area contributed by atoms with E-state index >= 15 is 0 Å². The summed E-state index contributed by atoms with van der Waals surface area (Å²) < 4.78 is 0. The molecule has 1 N–H and O–H groups in total. The van der Waals surface area contributed by atoms with Gasteiger partial charge in [0.15, 0.2) is 0 Å². The highest BCUT2D eigenvalue weighted by Gasteiger charge is 2.30. The van der Waals surface area contributed by atoms with E-state index in [2.05, 4.69) is 56.1 Å². The van der Waals surface area contributed by atoms with Crippen LogP contribution in [0.4, 0.5) is 5.69 Å². The van der Waals surface area contributed by atoms with Crippen molar-refractivity contribution in [3.05, 3.63) is 29.3 Å². The lowest BCUT2D eigenvalue weighted by molar-refractivity contribution is 0.606. The van der Waals surface area contributed by atoms with Crippen LogP contribution in [0, 0.1) is 12.8 Å². The van der Waals surface area contributed by atoms with Gasteiger partial charge in [0.05, 0.1) is 0 Å². The summed E-state index contributed by atoms with van der Waals surface area (Å²) in [4.78, 5) is 2.62. The van der Waals surface area contributed by atoms with Crippen molar-refractivity contribution in [2.24, 2.45) is 5.92 Å². The number of aryl methyl sites for hydroxylation is 1. The zero-order valence-electron chi connectivity index (χ0n) is 12.9. The first-order valence-corrected chi connectivity index (χ1v) is 7.68. The molecule has 2 rings (SSSR count). The summed E-state index contributed by atoms with van der Waals surface area (Å²) in [6, 6.07) is 7.73. The monoisotopic (exact) mass is 260 g/mol. The zero-order valence-corrected chi connectivity index (χ0v) is 12.9. The first-order valence-electron chi connectivity index (χ1n) is 7.68. The summed E-state index contributed by atoms with van der Waals surface area (Å²) in [6.45, 7) is 12.2. The first kappa shape index (κ1) is 14.4. The Morgan fingerprint density at radius 3 is 2.58 bits per heavy atom. The van der Waals surface area contributed by atoms with Crippen LogP contribution >= 0.6 is 0 Å². The molecule has 2 heteroatoms. The molecular weight excluding hydrogens is 232 g/mol. The standard InChI is InChI=1S/C17H28N2/c1-5-18-11-15-6-9-17(14(4)10-15)19(12-13(2)3)16-7-8-16/h6,9-10,13,16,18H,5,7-8,11-12H2,1-4H3. The topological polar surface area (TPSA) is 15.3 Å². The molecule has 1 saturated carbocycles. The van der Waals surface area contributed by atoms with Crippen LogP contribution in [-0.4, -0.2) is 19.1 Å². The highest BCUT2D eigenvalue weighted by Crippen LogP contribution is 2.34. The minimum absolute atomic E-state index is 0.724. The Kier molecular flexibility index (Phi) is 4.87. The lowest BCUT2D eigenvalue weighted by atomic mass is 10.1. The summed E-state index contributed by atoms with van der Waals surface area (Å²) in [6.07, 6.45) is 2.73. The number of nitrogens with zero attached hydrogens (tertiary/aromatic N) is 1. The summed E-state index contributed by atoms with van der Waals surface area (Å²) in [5, 5.41) is 3.39. The van der Waals surface area contributed by atoms with Gasteiger partial charge in [0.25, 0.3) is 0 Å². The van der Waals surface area contributed by atoms with E-state index in [4.69, 9.17) is 0 Å². The third-order valence-corrected chi connectivity index (χ3v) is 3.70. The van der Waals surface area contributed by atoms with Gasteiger partial charge in [-0.1, -0.05) is 32.9 Å². The van der Waals surface area contributed by atoms with Crippen LogP contribution in [0.5, 0.6) is 0 Å². The van der Waals surface area contributed by atoms with Crippen molar-refractivity contribution in [3.63, 3.8) is 0 Å². The van der Waals surface area contributed by atoms with Crippen molar-refractivity contribution in [2.75, 3.05) is 18.0 Å². The Bertz CT molecular complexity index is 408. The van der Waals surface area contributed by atoms with Gasteiger partial charge in [-0.25, -0.2) is 0 Å². The molecule has 0 heterocycles. The zero-order chi connectivity index (χ0) is 13.8. The maximum absolute atomic E-state index is 3.39. The highest BCUT2D eigenvalue weighted by molar-refractivity contribution is 5.56. The average Bonchev–Trinajstić information content (AvgIpc) is 3.18. The van der Waals surface area contributed by atoms with Crippen molar-refractivity contribution in [2.45, 2.75) is 53.1 Å². The van der Waals surface area contributed by atoms with E-state index in [1.54, 1.807) is 0 Å². The lowest BCUT2D eigenvalue weighted by Gasteiger charge is -2.28. The Balaban J connectivity index is 2.13. The van der Waals surface area contributed by atoms with Gasteiger partial charge in [0.1, 0.15) is 0 Å². The number of nitrogens with one attached hydrogen (secondary N) is 1. The van der Waals surface area contributed by atoms with E-state index in [0.29, 0.717) is 0 Å². The van der Waals surface area contributed by atoms with E-state index < -0.39 is 0 Å². The summed E-state index contributed by atoms with van der Waals surface area (Å²) in [5.41, 5.74) is 4.25. The quantitative estimate of drug-likeness (QED) is 0.803. The van der Waals surface area contributed by atoms with Crippen LogP contribution < -0.4 is 10.2 Å². The second-order valence-electron chi connectivity index (χ2n) is 6.18. The van der Waals surface area contributed by atoms with Crippen molar-refractivity contribution < 1.29 is 0 Å². The second kappa shape index (κ2) is 6.42. The van der Waals surface area contributed by atoms with Gasteiger partial charge >= 0.3 is 0 Å². The molecule has 1 aliphatic carbocycles. The van der Waals surface area contributed by atoms with Gasteiger partial charge in [-0.3, -0.25) is 0 Å². The molecule has 2 nitrogen and oxygen atoms in total. The average molecular weight is 260 g/mol. The first-order chi connectivity index (χ1) is 9.11. The fraction of sp³-hybridized carbons (Fsp3) is 0.647. The van der Waals surface area contributed by atoms with Crippen molar-refractivity contribution in [1.82, 2.24) is 5.32 Å². The smallest absolute Gasteiger partial charge is 0.0398 e. The van der Waals surface area contributed by atoms with Crippen molar-refractivity contribution in [3.8, 4) is 0 Å². The molecule has 0 radical (unpaired) electrons. The van der Waals surface area contributed by atoms with Gasteiger partial charge in [-0.15, -0.1) is 0 Å². The van der Waals surface area contributed by atoms with E-state index in [1.807, 2.05) is 0 Å².